The molecule has 1 aromatic heterocycles. The maximum Gasteiger partial charge on any atom is 0.273 e. The van der Waals surface area contributed by atoms with Gasteiger partial charge in [-0.05, 0) is 36.6 Å². The first kappa shape index (κ1) is 21.5. The zero-order valence-corrected chi connectivity index (χ0v) is 19.0. The van der Waals surface area contributed by atoms with Crippen molar-refractivity contribution < 1.29 is 18.8 Å². The smallest absolute Gasteiger partial charge is 0.273 e. The standard InChI is InChI=1S/C26H29N3O4/c1-31-19-10-11-24(32-2)20(12-19)21-15-29(14-17-6-4-3-5-7-17)16-23(21)27-26(30)22-13-25(33-28-22)18-8-9-18/h3-7,10-13,18,21,23H,8-9,14-16H2,1-2H3,(H,27,30)/t21-,23+/m0/s1. The highest BCUT2D eigenvalue weighted by atomic mass is 16.5. The Kier molecular flexibility index (Phi) is 6.05. The molecule has 172 valence electrons. The first-order valence-corrected chi connectivity index (χ1v) is 11.4. The van der Waals surface area contributed by atoms with E-state index in [4.69, 9.17) is 14.0 Å². The fourth-order valence-electron chi connectivity index (χ4n) is 4.65. The van der Waals surface area contributed by atoms with Crippen molar-refractivity contribution in [3.05, 3.63) is 77.2 Å². The molecule has 0 bridgehead atoms. The van der Waals surface area contributed by atoms with E-state index in [1.54, 1.807) is 20.3 Å². The Hall–Kier alpha value is -3.32. The van der Waals surface area contributed by atoms with Gasteiger partial charge in [0.05, 0.1) is 20.3 Å². The van der Waals surface area contributed by atoms with Gasteiger partial charge < -0.3 is 19.3 Å². The van der Waals surface area contributed by atoms with Gasteiger partial charge in [-0.3, -0.25) is 9.69 Å². The number of aromatic nitrogens is 1. The van der Waals surface area contributed by atoms with Crippen molar-refractivity contribution in [2.45, 2.75) is 37.3 Å². The Morgan fingerprint density at radius 1 is 1.09 bits per heavy atom. The quantitative estimate of drug-likeness (QED) is 0.563. The number of methoxy groups -OCH3 is 2. The molecule has 1 aliphatic carbocycles. The number of carbonyl (C=O) groups is 1. The summed E-state index contributed by atoms with van der Waals surface area (Å²) >= 11 is 0. The number of rotatable bonds is 8. The molecule has 7 heteroatoms. The van der Waals surface area contributed by atoms with E-state index in [0.29, 0.717) is 11.6 Å². The highest BCUT2D eigenvalue weighted by molar-refractivity contribution is 5.92. The fraction of sp³-hybridized carbons (Fsp3) is 0.385. The third-order valence-electron chi connectivity index (χ3n) is 6.54. The fourth-order valence-corrected chi connectivity index (χ4v) is 4.65. The number of ether oxygens (including phenoxy) is 2. The highest BCUT2D eigenvalue weighted by Gasteiger charge is 2.37. The normalized spacial score (nSPS) is 20.5. The second kappa shape index (κ2) is 9.27. The molecule has 2 heterocycles. The molecule has 33 heavy (non-hydrogen) atoms. The zero-order chi connectivity index (χ0) is 22.8. The Labute approximate surface area is 193 Å². The predicted molar refractivity (Wildman–Crippen MR) is 124 cm³/mol. The highest BCUT2D eigenvalue weighted by Crippen LogP contribution is 2.40. The molecule has 1 N–H and O–H groups in total. The summed E-state index contributed by atoms with van der Waals surface area (Å²) in [5, 5.41) is 7.24. The number of likely N-dealkylation sites (tertiary alicyclic amines) is 1. The Balaban J connectivity index is 1.40. The van der Waals surface area contributed by atoms with E-state index in [1.807, 2.05) is 24.3 Å². The number of nitrogens with one attached hydrogen (secondary N) is 1. The molecule has 0 spiro atoms. The van der Waals surface area contributed by atoms with Crippen LogP contribution in [-0.2, 0) is 6.54 Å². The second-order valence-electron chi connectivity index (χ2n) is 8.86. The van der Waals surface area contributed by atoms with Crippen LogP contribution in [0.2, 0.25) is 0 Å². The van der Waals surface area contributed by atoms with Crippen LogP contribution in [0.1, 0.15) is 52.1 Å². The van der Waals surface area contributed by atoms with Gasteiger partial charge in [-0.2, -0.15) is 0 Å². The summed E-state index contributed by atoms with van der Waals surface area (Å²) in [5.41, 5.74) is 2.61. The maximum atomic E-state index is 13.1. The van der Waals surface area contributed by atoms with E-state index in [2.05, 4.69) is 39.6 Å². The van der Waals surface area contributed by atoms with E-state index in [-0.39, 0.29) is 17.9 Å². The van der Waals surface area contributed by atoms with Crippen molar-refractivity contribution in [1.29, 1.82) is 0 Å². The van der Waals surface area contributed by atoms with Crippen molar-refractivity contribution >= 4 is 5.91 Å². The van der Waals surface area contributed by atoms with E-state index < -0.39 is 0 Å². The van der Waals surface area contributed by atoms with E-state index in [0.717, 1.165) is 55.3 Å². The minimum absolute atomic E-state index is 0.0394. The zero-order valence-electron chi connectivity index (χ0n) is 19.0. The van der Waals surface area contributed by atoms with E-state index in [1.165, 1.54) is 5.56 Å². The predicted octanol–water partition coefficient (Wildman–Crippen LogP) is 3.97. The minimum atomic E-state index is -0.205. The summed E-state index contributed by atoms with van der Waals surface area (Å²) in [6.07, 6.45) is 2.20. The summed E-state index contributed by atoms with van der Waals surface area (Å²) in [4.78, 5) is 15.4. The average Bonchev–Trinajstić information content (AvgIpc) is 3.44. The third kappa shape index (κ3) is 4.73. The van der Waals surface area contributed by atoms with Crippen molar-refractivity contribution in [3.63, 3.8) is 0 Å². The summed E-state index contributed by atoms with van der Waals surface area (Å²) in [6, 6.07) is 17.9. The monoisotopic (exact) mass is 447 g/mol. The van der Waals surface area contributed by atoms with Crippen molar-refractivity contribution in [3.8, 4) is 11.5 Å². The summed E-state index contributed by atoms with van der Waals surface area (Å²) in [5.74, 6) is 2.62. The number of nitrogens with zero attached hydrogens (tertiary/aromatic N) is 2. The molecule has 0 unspecified atom stereocenters. The lowest BCUT2D eigenvalue weighted by Crippen LogP contribution is -2.40. The van der Waals surface area contributed by atoms with Crippen LogP contribution in [0.25, 0.3) is 0 Å². The number of carbonyl (C=O) groups excluding carboxylic acids is 1. The van der Waals surface area contributed by atoms with Crippen LogP contribution >= 0.6 is 0 Å². The van der Waals surface area contributed by atoms with E-state index in [9.17, 15) is 4.79 Å². The third-order valence-corrected chi connectivity index (χ3v) is 6.54. The lowest BCUT2D eigenvalue weighted by molar-refractivity contribution is 0.0925. The summed E-state index contributed by atoms with van der Waals surface area (Å²) < 4.78 is 16.5. The molecule has 7 nitrogen and oxygen atoms in total. The summed E-state index contributed by atoms with van der Waals surface area (Å²) in [6.45, 7) is 2.32. The average molecular weight is 448 g/mol. The van der Waals surface area contributed by atoms with Gasteiger partial charge in [-0.15, -0.1) is 0 Å². The van der Waals surface area contributed by atoms with Gasteiger partial charge in [0.25, 0.3) is 5.91 Å². The first-order valence-electron chi connectivity index (χ1n) is 11.4. The summed E-state index contributed by atoms with van der Waals surface area (Å²) in [7, 11) is 3.33. The SMILES string of the molecule is COc1ccc(OC)c([C@@H]2CN(Cc3ccccc3)C[C@H]2NC(=O)c2cc(C3CC3)on2)c1. The molecule has 2 atom stereocenters. The lowest BCUT2D eigenvalue weighted by atomic mass is 9.93. The van der Waals surface area contributed by atoms with Crippen LogP contribution in [0.15, 0.2) is 59.1 Å². The number of benzene rings is 2. The van der Waals surface area contributed by atoms with Gasteiger partial charge in [-0.1, -0.05) is 35.5 Å². The molecule has 3 aromatic rings. The Morgan fingerprint density at radius 3 is 2.64 bits per heavy atom. The van der Waals surface area contributed by atoms with Crippen LogP contribution in [0.4, 0.5) is 0 Å². The van der Waals surface area contributed by atoms with Crippen LogP contribution in [0.5, 0.6) is 11.5 Å². The van der Waals surface area contributed by atoms with Crippen molar-refractivity contribution in [1.82, 2.24) is 15.4 Å². The van der Waals surface area contributed by atoms with Crippen molar-refractivity contribution in [2.75, 3.05) is 27.3 Å². The minimum Gasteiger partial charge on any atom is -0.497 e. The number of amides is 1. The molecule has 2 fully saturated rings. The first-order chi connectivity index (χ1) is 16.1. The Bertz CT molecular complexity index is 1110. The van der Waals surface area contributed by atoms with Crippen molar-refractivity contribution in [2.24, 2.45) is 0 Å². The van der Waals surface area contributed by atoms with Gasteiger partial charge >= 0.3 is 0 Å². The Morgan fingerprint density at radius 2 is 1.91 bits per heavy atom. The molecule has 1 saturated carbocycles. The van der Waals surface area contributed by atoms with Crippen LogP contribution in [-0.4, -0.2) is 49.3 Å². The lowest BCUT2D eigenvalue weighted by Gasteiger charge is -2.22. The van der Waals surface area contributed by atoms with Gasteiger partial charge in [0.1, 0.15) is 17.3 Å². The molecule has 0 radical (unpaired) electrons. The van der Waals surface area contributed by atoms with Crippen LogP contribution in [0, 0.1) is 0 Å². The molecule has 2 aliphatic rings. The maximum absolute atomic E-state index is 13.1. The molecule has 2 aromatic carbocycles. The molecular weight excluding hydrogens is 418 g/mol. The van der Waals surface area contributed by atoms with Crippen LogP contribution in [0.3, 0.4) is 0 Å². The van der Waals surface area contributed by atoms with Crippen LogP contribution < -0.4 is 14.8 Å². The second-order valence-corrected chi connectivity index (χ2v) is 8.86. The van der Waals surface area contributed by atoms with Gasteiger partial charge in [-0.25, -0.2) is 0 Å². The topological polar surface area (TPSA) is 76.8 Å². The molecular formula is C26H29N3O4. The molecule has 1 aliphatic heterocycles. The molecule has 1 amide bonds. The molecule has 1 saturated heterocycles. The number of hydrogen-bond acceptors (Lipinski definition) is 6. The van der Waals surface area contributed by atoms with E-state index >= 15 is 0 Å². The number of hydrogen-bond donors (Lipinski definition) is 1. The largest absolute Gasteiger partial charge is 0.497 e. The van der Waals surface area contributed by atoms with Gasteiger partial charge in [0.2, 0.25) is 0 Å². The van der Waals surface area contributed by atoms with Gasteiger partial charge in [0.15, 0.2) is 5.69 Å². The molecule has 5 rings (SSSR count). The van der Waals surface area contributed by atoms with Gasteiger partial charge in [0, 0.05) is 43.1 Å².